The quantitative estimate of drug-likeness (QED) is 0.754. The van der Waals surface area contributed by atoms with Gasteiger partial charge in [0.1, 0.15) is 0 Å². The second-order valence-corrected chi connectivity index (χ2v) is 6.39. The number of rotatable bonds is 2. The Balaban J connectivity index is 2.27. The maximum absolute atomic E-state index is 11.8. The Morgan fingerprint density at radius 1 is 1.25 bits per heavy atom. The Morgan fingerprint density at radius 3 is 2.38 bits per heavy atom. The maximum Gasteiger partial charge on any atom is 0.246 e. The van der Waals surface area contributed by atoms with Crippen molar-refractivity contribution in [3.8, 4) is 0 Å². The van der Waals surface area contributed by atoms with Gasteiger partial charge in [-0.1, -0.05) is 18.2 Å². The van der Waals surface area contributed by atoms with E-state index < -0.39 is 20.2 Å². The fourth-order valence-corrected chi connectivity index (χ4v) is 3.03. The lowest BCUT2D eigenvalue weighted by Crippen LogP contribution is -2.31. The molecule has 0 N–H and O–H groups in total. The summed E-state index contributed by atoms with van der Waals surface area (Å²) in [5.74, 6) is -0.443. The molecule has 2 rings (SSSR count). The van der Waals surface area contributed by atoms with E-state index in [1.807, 2.05) is 6.07 Å². The SMILES string of the molecule is O=C1C(S(=O)(=O)Cl)CCN1c1ccccc1. The molecule has 1 atom stereocenters. The average Bonchev–Trinajstić information content (AvgIpc) is 2.61. The molecular weight excluding hydrogens is 250 g/mol. The highest BCUT2D eigenvalue weighted by Gasteiger charge is 2.40. The molecule has 1 aromatic rings. The number of carbonyl (C=O) groups excluding carboxylic acids is 1. The number of carbonyl (C=O) groups is 1. The zero-order valence-corrected chi connectivity index (χ0v) is 9.91. The van der Waals surface area contributed by atoms with Crippen molar-refractivity contribution in [2.75, 3.05) is 11.4 Å². The number of halogens is 1. The summed E-state index contributed by atoms with van der Waals surface area (Å²) in [7, 11) is 1.40. The smallest absolute Gasteiger partial charge is 0.246 e. The summed E-state index contributed by atoms with van der Waals surface area (Å²) in [6, 6.07) is 8.96. The highest BCUT2D eigenvalue weighted by Crippen LogP contribution is 2.26. The van der Waals surface area contributed by atoms with Crippen LogP contribution in [0.15, 0.2) is 30.3 Å². The molecule has 1 heterocycles. The van der Waals surface area contributed by atoms with Crippen molar-refractivity contribution >= 4 is 31.3 Å². The van der Waals surface area contributed by atoms with Crippen LogP contribution in [0.2, 0.25) is 0 Å². The molecule has 4 nitrogen and oxygen atoms in total. The molecule has 6 heteroatoms. The van der Waals surface area contributed by atoms with Gasteiger partial charge in [0.25, 0.3) is 0 Å². The Kier molecular flexibility index (Phi) is 2.90. The highest BCUT2D eigenvalue weighted by molar-refractivity contribution is 8.14. The van der Waals surface area contributed by atoms with Crippen molar-refractivity contribution in [1.82, 2.24) is 0 Å². The predicted molar refractivity (Wildman–Crippen MR) is 62.0 cm³/mol. The van der Waals surface area contributed by atoms with Gasteiger partial charge in [0.05, 0.1) is 0 Å². The summed E-state index contributed by atoms with van der Waals surface area (Å²) in [4.78, 5) is 13.3. The number of benzene rings is 1. The largest absolute Gasteiger partial charge is 0.311 e. The van der Waals surface area contributed by atoms with Crippen molar-refractivity contribution in [2.45, 2.75) is 11.7 Å². The Bertz CT molecular complexity index is 500. The summed E-state index contributed by atoms with van der Waals surface area (Å²) >= 11 is 0. The Labute approximate surface area is 98.2 Å². The molecule has 1 aliphatic rings. The summed E-state index contributed by atoms with van der Waals surface area (Å²) in [5, 5.41) is -1.10. The van der Waals surface area contributed by atoms with Crippen LogP contribution in [0.25, 0.3) is 0 Å². The lowest BCUT2D eigenvalue weighted by Gasteiger charge is -2.15. The van der Waals surface area contributed by atoms with Crippen molar-refractivity contribution in [1.29, 1.82) is 0 Å². The van der Waals surface area contributed by atoms with Crippen molar-refractivity contribution in [3.05, 3.63) is 30.3 Å². The van der Waals surface area contributed by atoms with E-state index in [1.54, 1.807) is 24.3 Å². The molecule has 86 valence electrons. The van der Waals surface area contributed by atoms with Gasteiger partial charge in [0.15, 0.2) is 5.25 Å². The van der Waals surface area contributed by atoms with Gasteiger partial charge in [0, 0.05) is 22.9 Å². The monoisotopic (exact) mass is 259 g/mol. The number of amides is 1. The van der Waals surface area contributed by atoms with E-state index in [0.717, 1.165) is 0 Å². The van der Waals surface area contributed by atoms with Crippen molar-refractivity contribution in [3.63, 3.8) is 0 Å². The minimum Gasteiger partial charge on any atom is -0.311 e. The predicted octanol–water partition coefficient (Wildman–Crippen LogP) is 1.36. The first-order chi connectivity index (χ1) is 7.50. The van der Waals surface area contributed by atoms with Gasteiger partial charge in [-0.25, -0.2) is 8.42 Å². The maximum atomic E-state index is 11.8. The molecule has 0 spiro atoms. The Hall–Kier alpha value is -1.07. The third-order valence-electron chi connectivity index (χ3n) is 2.56. The van der Waals surface area contributed by atoms with Gasteiger partial charge < -0.3 is 4.90 Å². The summed E-state index contributed by atoms with van der Waals surface area (Å²) in [6.07, 6.45) is 0.250. The lowest BCUT2D eigenvalue weighted by atomic mass is 10.3. The first-order valence-electron chi connectivity index (χ1n) is 4.80. The van der Waals surface area contributed by atoms with Gasteiger partial charge in [-0.2, -0.15) is 0 Å². The number of anilines is 1. The molecule has 0 radical (unpaired) electrons. The molecule has 1 saturated heterocycles. The number of hydrogen-bond acceptors (Lipinski definition) is 3. The summed E-state index contributed by atoms with van der Waals surface area (Å²) < 4.78 is 22.3. The molecule has 0 saturated carbocycles. The minimum absolute atomic E-state index is 0.250. The average molecular weight is 260 g/mol. The fraction of sp³-hybridized carbons (Fsp3) is 0.300. The minimum atomic E-state index is -3.81. The third-order valence-corrected chi connectivity index (χ3v) is 4.33. The van der Waals surface area contributed by atoms with Crippen LogP contribution in [0.1, 0.15) is 6.42 Å². The highest BCUT2D eigenvalue weighted by atomic mass is 35.7. The number of nitrogens with zero attached hydrogens (tertiary/aromatic N) is 1. The van der Waals surface area contributed by atoms with E-state index in [9.17, 15) is 13.2 Å². The topological polar surface area (TPSA) is 54.5 Å². The van der Waals surface area contributed by atoms with Crippen LogP contribution in [0.4, 0.5) is 5.69 Å². The molecule has 16 heavy (non-hydrogen) atoms. The van der Waals surface area contributed by atoms with Gasteiger partial charge in [-0.3, -0.25) is 4.79 Å². The fourth-order valence-electron chi connectivity index (χ4n) is 1.78. The zero-order valence-electron chi connectivity index (χ0n) is 8.34. The van der Waals surface area contributed by atoms with E-state index in [0.29, 0.717) is 12.2 Å². The normalized spacial score (nSPS) is 21.4. The number of para-hydroxylation sites is 1. The van der Waals surface area contributed by atoms with E-state index in [1.165, 1.54) is 4.90 Å². The van der Waals surface area contributed by atoms with Crippen molar-refractivity contribution in [2.24, 2.45) is 0 Å². The van der Waals surface area contributed by atoms with Gasteiger partial charge in [0.2, 0.25) is 15.0 Å². The Morgan fingerprint density at radius 2 is 1.88 bits per heavy atom. The standard InChI is InChI=1S/C10H10ClNO3S/c11-16(14,15)9-6-7-12(10(9)13)8-4-2-1-3-5-8/h1-5,9H,6-7H2. The molecular formula is C10H10ClNO3S. The number of hydrogen-bond donors (Lipinski definition) is 0. The second-order valence-electron chi connectivity index (χ2n) is 3.58. The molecule has 0 aliphatic carbocycles. The van der Waals surface area contributed by atoms with Crippen LogP contribution in [-0.2, 0) is 13.8 Å². The van der Waals surface area contributed by atoms with E-state index in [-0.39, 0.29) is 6.42 Å². The van der Waals surface area contributed by atoms with Gasteiger partial charge in [-0.05, 0) is 18.6 Å². The second kappa shape index (κ2) is 4.07. The van der Waals surface area contributed by atoms with Crippen LogP contribution in [0.5, 0.6) is 0 Å². The molecule has 1 aliphatic heterocycles. The van der Waals surface area contributed by atoms with E-state index >= 15 is 0 Å². The molecule has 1 fully saturated rings. The molecule has 1 unspecified atom stereocenters. The molecule has 0 aromatic heterocycles. The van der Waals surface area contributed by atoms with Crippen LogP contribution in [0.3, 0.4) is 0 Å². The summed E-state index contributed by atoms with van der Waals surface area (Å²) in [5.41, 5.74) is 0.704. The molecule has 0 bridgehead atoms. The lowest BCUT2D eigenvalue weighted by molar-refractivity contribution is -0.116. The van der Waals surface area contributed by atoms with Crippen LogP contribution in [-0.4, -0.2) is 26.1 Å². The van der Waals surface area contributed by atoms with Crippen LogP contribution < -0.4 is 4.90 Å². The third kappa shape index (κ3) is 2.05. The first-order valence-corrected chi connectivity index (χ1v) is 7.17. The van der Waals surface area contributed by atoms with E-state index in [2.05, 4.69) is 0 Å². The zero-order chi connectivity index (χ0) is 11.8. The first kappa shape index (κ1) is 11.4. The van der Waals surface area contributed by atoms with Crippen LogP contribution >= 0.6 is 10.7 Å². The van der Waals surface area contributed by atoms with Gasteiger partial charge >= 0.3 is 0 Å². The van der Waals surface area contributed by atoms with E-state index in [4.69, 9.17) is 10.7 Å². The van der Waals surface area contributed by atoms with Crippen molar-refractivity contribution < 1.29 is 13.2 Å². The van der Waals surface area contributed by atoms with Gasteiger partial charge in [-0.15, -0.1) is 0 Å². The summed E-state index contributed by atoms with van der Waals surface area (Å²) in [6.45, 7) is 0.388. The molecule has 1 aromatic carbocycles. The molecule has 1 amide bonds. The van der Waals surface area contributed by atoms with Crippen LogP contribution in [0, 0.1) is 0 Å².